The molecule has 0 radical (unpaired) electrons. The minimum Gasteiger partial charge on any atom is -0.481 e. The summed E-state index contributed by atoms with van der Waals surface area (Å²) in [6.07, 6.45) is -2.77. The van der Waals surface area contributed by atoms with Gasteiger partial charge in [-0.3, -0.25) is 9.59 Å². The first kappa shape index (κ1) is 19.7. The van der Waals surface area contributed by atoms with E-state index in [1.54, 1.807) is 0 Å². The molecule has 150 valence electrons. The summed E-state index contributed by atoms with van der Waals surface area (Å²) < 4.78 is 44.1. The van der Waals surface area contributed by atoms with Crippen LogP contribution in [0.15, 0.2) is 24.5 Å². The van der Waals surface area contributed by atoms with Crippen molar-refractivity contribution >= 4 is 11.9 Å². The topological polar surface area (TPSA) is 110 Å². The van der Waals surface area contributed by atoms with Crippen LogP contribution >= 0.6 is 0 Å². The van der Waals surface area contributed by atoms with Crippen molar-refractivity contribution in [2.24, 2.45) is 0 Å². The fraction of sp³-hybridized carbons (Fsp3) is 0.438. The van der Waals surface area contributed by atoms with Gasteiger partial charge in [-0.25, -0.2) is 9.67 Å². The highest BCUT2D eigenvalue weighted by molar-refractivity contribution is 5.92. The average Bonchev–Trinajstić information content (AvgIpc) is 3.27. The summed E-state index contributed by atoms with van der Waals surface area (Å²) >= 11 is 0. The van der Waals surface area contributed by atoms with Crippen molar-refractivity contribution in [3.63, 3.8) is 0 Å². The van der Waals surface area contributed by atoms with E-state index in [2.05, 4.69) is 15.3 Å². The largest absolute Gasteiger partial charge is 0.481 e. The van der Waals surface area contributed by atoms with E-state index < -0.39 is 29.7 Å². The lowest BCUT2D eigenvalue weighted by Gasteiger charge is -2.21. The molecule has 3 rings (SSSR count). The number of methoxy groups -OCH3 is 1. The van der Waals surface area contributed by atoms with E-state index in [4.69, 9.17) is 9.84 Å². The molecule has 2 atom stereocenters. The maximum absolute atomic E-state index is 12.7. The molecule has 0 bridgehead atoms. The molecule has 1 amide bonds. The molecule has 28 heavy (non-hydrogen) atoms. The zero-order chi connectivity index (χ0) is 20.5. The van der Waals surface area contributed by atoms with Gasteiger partial charge in [0, 0.05) is 25.9 Å². The number of carboxylic acids is 1. The lowest BCUT2D eigenvalue weighted by atomic mass is 10.1. The molecule has 12 heteroatoms. The predicted molar refractivity (Wildman–Crippen MR) is 86.6 cm³/mol. The van der Waals surface area contributed by atoms with Crippen LogP contribution in [0.5, 0.6) is 0 Å². The molecule has 0 aliphatic carbocycles. The van der Waals surface area contributed by atoms with Crippen LogP contribution in [0.25, 0.3) is 5.82 Å². The van der Waals surface area contributed by atoms with Crippen LogP contribution in [0.4, 0.5) is 13.2 Å². The summed E-state index contributed by atoms with van der Waals surface area (Å²) in [5.74, 6) is -1.53. The summed E-state index contributed by atoms with van der Waals surface area (Å²) in [6.45, 7) is 0.207. The van der Waals surface area contributed by atoms with Crippen molar-refractivity contribution in [3.05, 3.63) is 35.8 Å². The van der Waals surface area contributed by atoms with Crippen molar-refractivity contribution in [2.75, 3.05) is 13.7 Å². The normalized spacial score (nSPS) is 19.8. The maximum atomic E-state index is 12.7. The van der Waals surface area contributed by atoms with Gasteiger partial charge in [-0.05, 0) is 18.6 Å². The Labute approximate surface area is 156 Å². The lowest BCUT2D eigenvalue weighted by molar-refractivity contribution is -0.138. The van der Waals surface area contributed by atoms with Gasteiger partial charge >= 0.3 is 12.1 Å². The van der Waals surface area contributed by atoms with Crippen molar-refractivity contribution in [1.82, 2.24) is 24.9 Å². The highest BCUT2D eigenvalue weighted by Gasteiger charge is 2.38. The summed E-state index contributed by atoms with van der Waals surface area (Å²) in [5, 5.41) is 16.5. The van der Waals surface area contributed by atoms with Gasteiger partial charge in [0.1, 0.15) is 0 Å². The number of carboxylic acid groups (broad SMARTS) is 1. The SMILES string of the molecule is COC1CC(CC(=O)O)N(C(=O)c2cn(-c3ccc(C(F)(F)F)cn3)nn2)C1. The first-order chi connectivity index (χ1) is 13.2. The van der Waals surface area contributed by atoms with Crippen LogP contribution in [0, 0.1) is 0 Å². The summed E-state index contributed by atoms with van der Waals surface area (Å²) in [5.41, 5.74) is -0.985. The van der Waals surface area contributed by atoms with E-state index in [1.807, 2.05) is 0 Å². The number of aliphatic carboxylic acids is 1. The number of nitrogens with zero attached hydrogens (tertiary/aromatic N) is 5. The van der Waals surface area contributed by atoms with Crippen LogP contribution in [0.2, 0.25) is 0 Å². The number of halogens is 3. The van der Waals surface area contributed by atoms with Gasteiger partial charge in [-0.1, -0.05) is 5.21 Å². The van der Waals surface area contributed by atoms with Crippen molar-refractivity contribution in [3.8, 4) is 5.82 Å². The van der Waals surface area contributed by atoms with Gasteiger partial charge in [0.25, 0.3) is 5.91 Å². The molecule has 1 saturated heterocycles. The fourth-order valence-electron chi connectivity index (χ4n) is 3.00. The zero-order valence-electron chi connectivity index (χ0n) is 14.6. The lowest BCUT2D eigenvalue weighted by Crippen LogP contribution is -2.37. The number of pyridine rings is 1. The first-order valence-electron chi connectivity index (χ1n) is 8.20. The third kappa shape index (κ3) is 4.11. The molecular formula is C16H16F3N5O4. The Morgan fingerprint density at radius 2 is 2.11 bits per heavy atom. The van der Waals surface area contributed by atoms with E-state index >= 15 is 0 Å². The standard InChI is InChI=1S/C16H16F3N5O4/c1-28-11-4-10(5-14(25)26)23(7-11)15(27)12-8-24(22-21-12)13-3-2-9(6-20-13)16(17,18)19/h2-3,6,8,10-11H,4-5,7H2,1H3,(H,25,26). The number of aromatic nitrogens is 4. The molecule has 3 heterocycles. The molecule has 2 aromatic rings. The van der Waals surface area contributed by atoms with Gasteiger partial charge in [0.05, 0.1) is 24.3 Å². The predicted octanol–water partition coefficient (Wildman–Crippen LogP) is 1.39. The number of carbonyl (C=O) groups is 2. The van der Waals surface area contributed by atoms with Crippen LogP contribution in [0.1, 0.15) is 28.9 Å². The van der Waals surface area contributed by atoms with Gasteiger partial charge in [0.15, 0.2) is 11.5 Å². The molecule has 1 fully saturated rings. The van der Waals surface area contributed by atoms with Gasteiger partial charge in [-0.2, -0.15) is 13.2 Å². The molecular weight excluding hydrogens is 383 g/mol. The minimum atomic E-state index is -4.51. The number of hydrogen-bond acceptors (Lipinski definition) is 6. The summed E-state index contributed by atoms with van der Waals surface area (Å²) in [7, 11) is 1.48. The highest BCUT2D eigenvalue weighted by Crippen LogP contribution is 2.29. The van der Waals surface area contributed by atoms with Crippen LogP contribution in [-0.2, 0) is 15.7 Å². The average molecular weight is 399 g/mol. The molecule has 2 aromatic heterocycles. The minimum absolute atomic E-state index is 0.0535. The number of rotatable bonds is 5. The van der Waals surface area contributed by atoms with Crippen LogP contribution in [-0.4, -0.2) is 67.7 Å². The van der Waals surface area contributed by atoms with E-state index in [9.17, 15) is 22.8 Å². The van der Waals surface area contributed by atoms with Gasteiger partial charge < -0.3 is 14.7 Å². The molecule has 0 saturated carbocycles. The fourth-order valence-corrected chi connectivity index (χ4v) is 3.00. The Bertz CT molecular complexity index is 868. The number of likely N-dealkylation sites (tertiary alicyclic amines) is 1. The first-order valence-corrected chi connectivity index (χ1v) is 8.20. The molecule has 1 aliphatic rings. The second-order valence-electron chi connectivity index (χ2n) is 6.25. The van der Waals surface area contributed by atoms with Gasteiger partial charge in [0.2, 0.25) is 0 Å². The Hall–Kier alpha value is -3.02. The van der Waals surface area contributed by atoms with E-state index in [0.717, 1.165) is 16.8 Å². The Balaban J connectivity index is 1.79. The number of hydrogen-bond donors (Lipinski definition) is 1. The monoisotopic (exact) mass is 399 g/mol. The Morgan fingerprint density at radius 1 is 1.36 bits per heavy atom. The number of alkyl halides is 3. The van der Waals surface area contributed by atoms with Crippen molar-refractivity contribution in [1.29, 1.82) is 0 Å². The van der Waals surface area contributed by atoms with Crippen LogP contribution in [0.3, 0.4) is 0 Å². The molecule has 0 aromatic carbocycles. The number of ether oxygens (including phenoxy) is 1. The number of carbonyl (C=O) groups excluding carboxylic acids is 1. The zero-order valence-corrected chi connectivity index (χ0v) is 14.6. The smallest absolute Gasteiger partial charge is 0.417 e. The van der Waals surface area contributed by atoms with E-state index in [0.29, 0.717) is 12.6 Å². The molecule has 0 spiro atoms. The Kier molecular flexibility index (Phi) is 5.31. The van der Waals surface area contributed by atoms with E-state index in [1.165, 1.54) is 18.2 Å². The summed E-state index contributed by atoms with van der Waals surface area (Å²) in [4.78, 5) is 28.8. The maximum Gasteiger partial charge on any atom is 0.417 e. The molecule has 2 unspecified atom stereocenters. The quantitative estimate of drug-likeness (QED) is 0.809. The molecule has 9 nitrogen and oxygen atoms in total. The third-order valence-corrected chi connectivity index (χ3v) is 4.40. The third-order valence-electron chi connectivity index (χ3n) is 4.40. The van der Waals surface area contributed by atoms with E-state index in [-0.39, 0.29) is 30.6 Å². The second kappa shape index (κ2) is 7.54. The van der Waals surface area contributed by atoms with Crippen molar-refractivity contribution < 1.29 is 32.6 Å². The molecule has 1 N–H and O–H groups in total. The highest BCUT2D eigenvalue weighted by atomic mass is 19.4. The van der Waals surface area contributed by atoms with Gasteiger partial charge in [-0.15, -0.1) is 5.10 Å². The summed E-state index contributed by atoms with van der Waals surface area (Å²) in [6, 6.07) is 1.40. The molecule has 1 aliphatic heterocycles. The Morgan fingerprint density at radius 3 is 2.68 bits per heavy atom. The van der Waals surface area contributed by atoms with Crippen LogP contribution < -0.4 is 0 Å². The second-order valence-corrected chi connectivity index (χ2v) is 6.25. The number of amides is 1. The van der Waals surface area contributed by atoms with Crippen molar-refractivity contribution in [2.45, 2.75) is 31.2 Å².